The van der Waals surface area contributed by atoms with Crippen molar-refractivity contribution in [2.75, 3.05) is 6.61 Å². The van der Waals surface area contributed by atoms with E-state index in [2.05, 4.69) is 10.7 Å². The zero-order valence-electron chi connectivity index (χ0n) is 5.16. The van der Waals surface area contributed by atoms with Gasteiger partial charge in [0.05, 0.1) is 0 Å². The zero-order chi connectivity index (χ0) is 7.11. The molecule has 3 nitrogen and oxygen atoms in total. The van der Waals surface area contributed by atoms with Crippen molar-refractivity contribution in [2.45, 2.75) is 13.2 Å². The third-order valence-electron chi connectivity index (χ3n) is 0.649. The van der Waals surface area contributed by atoms with Gasteiger partial charge in [0.25, 0.3) is 6.47 Å². The predicted molar refractivity (Wildman–Crippen MR) is 31.4 cm³/mol. The van der Waals surface area contributed by atoms with Crippen LogP contribution >= 0.6 is 0 Å². The number of rotatable bonds is 4. The molecule has 0 aromatic heterocycles. The predicted octanol–water partition coefficient (Wildman–Crippen LogP) is 0.155. The molecule has 0 radical (unpaired) electrons. The molecule has 0 heterocycles. The van der Waals surface area contributed by atoms with Crippen LogP contribution in [0.1, 0.15) is 6.92 Å². The maximum atomic E-state index is 9.62. The van der Waals surface area contributed by atoms with Gasteiger partial charge in [-0.1, -0.05) is 5.92 Å². The van der Waals surface area contributed by atoms with E-state index in [1.807, 2.05) is 0 Å². The van der Waals surface area contributed by atoms with E-state index in [0.29, 0.717) is 6.47 Å². The maximum absolute atomic E-state index is 9.62. The van der Waals surface area contributed by atoms with E-state index < -0.39 is 6.29 Å². The Labute approximate surface area is 54.0 Å². The molecule has 0 spiro atoms. The number of ether oxygens (including phenoxy) is 2. The summed E-state index contributed by atoms with van der Waals surface area (Å²) < 4.78 is 9.09. The van der Waals surface area contributed by atoms with Crippen molar-refractivity contribution >= 4 is 6.47 Å². The Balaban J connectivity index is 3.17. The number of carbonyl (C=O) groups is 1. The Morgan fingerprint density at radius 2 is 2.56 bits per heavy atom. The summed E-state index contributed by atoms with van der Waals surface area (Å²) in [4.78, 5) is 9.62. The highest BCUT2D eigenvalue weighted by atomic mass is 16.7. The minimum atomic E-state index is -0.543. The van der Waals surface area contributed by atoms with Gasteiger partial charge in [0.2, 0.25) is 6.29 Å². The summed E-state index contributed by atoms with van der Waals surface area (Å²) in [5.41, 5.74) is 0. The molecule has 0 amide bonds. The van der Waals surface area contributed by atoms with Crippen LogP contribution in [0.5, 0.6) is 0 Å². The van der Waals surface area contributed by atoms with Gasteiger partial charge >= 0.3 is 0 Å². The Morgan fingerprint density at radius 3 is 3.00 bits per heavy atom. The lowest BCUT2D eigenvalue weighted by Gasteiger charge is -2.06. The molecule has 0 aliphatic heterocycles. The summed E-state index contributed by atoms with van der Waals surface area (Å²) in [5, 5.41) is 0. The van der Waals surface area contributed by atoms with E-state index in [0.717, 1.165) is 0 Å². The molecule has 1 unspecified atom stereocenters. The lowest BCUT2D eigenvalue weighted by Crippen LogP contribution is -2.11. The molecule has 50 valence electrons. The summed E-state index contributed by atoms with van der Waals surface area (Å²) >= 11 is 0. The van der Waals surface area contributed by atoms with E-state index in [9.17, 15) is 4.79 Å². The van der Waals surface area contributed by atoms with Crippen molar-refractivity contribution in [3.8, 4) is 12.3 Å². The second-order valence-electron chi connectivity index (χ2n) is 1.32. The highest BCUT2D eigenvalue weighted by molar-refractivity contribution is 5.37. The first-order valence-corrected chi connectivity index (χ1v) is 2.45. The lowest BCUT2D eigenvalue weighted by molar-refractivity contribution is -0.156. The molecule has 9 heavy (non-hydrogen) atoms. The Hall–Kier alpha value is -1.01. The topological polar surface area (TPSA) is 35.5 Å². The fraction of sp³-hybridized carbons (Fsp3) is 0.500. The van der Waals surface area contributed by atoms with Gasteiger partial charge in [-0.2, -0.15) is 0 Å². The zero-order valence-corrected chi connectivity index (χ0v) is 5.16. The summed E-state index contributed by atoms with van der Waals surface area (Å²) in [6, 6.07) is 0. The summed E-state index contributed by atoms with van der Waals surface area (Å²) in [6.45, 7) is 2.07. The third-order valence-corrected chi connectivity index (χ3v) is 0.649. The molecule has 0 aromatic rings. The monoisotopic (exact) mass is 128 g/mol. The maximum Gasteiger partial charge on any atom is 0.295 e. The molecule has 0 saturated heterocycles. The average Bonchev–Trinajstić information content (AvgIpc) is 1.85. The smallest absolute Gasteiger partial charge is 0.295 e. The minimum absolute atomic E-state index is 0.162. The largest absolute Gasteiger partial charge is 0.438 e. The van der Waals surface area contributed by atoms with Crippen molar-refractivity contribution in [2.24, 2.45) is 0 Å². The second-order valence-corrected chi connectivity index (χ2v) is 1.32. The molecule has 1 atom stereocenters. The van der Waals surface area contributed by atoms with Crippen LogP contribution in [0.4, 0.5) is 0 Å². The average molecular weight is 128 g/mol. The normalized spacial score (nSPS) is 11.6. The van der Waals surface area contributed by atoms with Gasteiger partial charge in [0.15, 0.2) is 0 Å². The molecule has 0 saturated carbocycles. The summed E-state index contributed by atoms with van der Waals surface area (Å²) in [7, 11) is 0. The summed E-state index contributed by atoms with van der Waals surface area (Å²) in [6.07, 6.45) is 4.31. The van der Waals surface area contributed by atoms with Crippen molar-refractivity contribution in [1.82, 2.24) is 0 Å². The lowest BCUT2D eigenvalue weighted by atomic mass is 10.7. The van der Waals surface area contributed by atoms with Gasteiger partial charge in [-0.3, -0.25) is 4.79 Å². The summed E-state index contributed by atoms with van der Waals surface area (Å²) in [5.74, 6) is 2.24. The molecular weight excluding hydrogens is 120 g/mol. The molecule has 0 N–H and O–H groups in total. The van der Waals surface area contributed by atoms with Gasteiger partial charge in [0.1, 0.15) is 6.61 Å². The standard InChI is InChI=1S/C6H8O3/c1-3-4-8-6(2)9-5-7/h1,5-6H,4H2,2H3. The quantitative estimate of drug-likeness (QED) is 0.307. The van der Waals surface area contributed by atoms with Gasteiger partial charge < -0.3 is 9.47 Å². The highest BCUT2D eigenvalue weighted by Gasteiger charge is 1.96. The van der Waals surface area contributed by atoms with Gasteiger partial charge in [-0.25, -0.2) is 0 Å². The number of hydrogen-bond acceptors (Lipinski definition) is 3. The number of terminal acetylenes is 1. The van der Waals surface area contributed by atoms with Crippen LogP contribution in [-0.4, -0.2) is 19.4 Å². The van der Waals surface area contributed by atoms with Gasteiger partial charge in [-0.15, -0.1) is 6.42 Å². The van der Waals surface area contributed by atoms with Crippen molar-refractivity contribution in [3.05, 3.63) is 0 Å². The van der Waals surface area contributed by atoms with E-state index in [4.69, 9.17) is 11.2 Å². The second kappa shape index (κ2) is 5.13. The Morgan fingerprint density at radius 1 is 1.89 bits per heavy atom. The molecular formula is C6H8O3. The van der Waals surface area contributed by atoms with Crippen LogP contribution < -0.4 is 0 Å². The van der Waals surface area contributed by atoms with Crippen LogP contribution in [0.2, 0.25) is 0 Å². The Kier molecular flexibility index (Phi) is 4.56. The molecule has 0 aliphatic rings. The van der Waals surface area contributed by atoms with Crippen LogP contribution in [0.25, 0.3) is 0 Å². The first-order chi connectivity index (χ1) is 4.31. The van der Waals surface area contributed by atoms with Gasteiger partial charge in [0, 0.05) is 0 Å². The Bertz CT molecular complexity index is 114. The van der Waals surface area contributed by atoms with E-state index in [1.165, 1.54) is 0 Å². The first-order valence-electron chi connectivity index (χ1n) is 2.45. The number of carbonyl (C=O) groups excluding carboxylic acids is 1. The first kappa shape index (κ1) is 7.99. The molecule has 3 heteroatoms. The fourth-order valence-corrected chi connectivity index (χ4v) is 0.283. The van der Waals surface area contributed by atoms with Crippen LogP contribution in [0.15, 0.2) is 0 Å². The molecule has 0 aromatic carbocycles. The van der Waals surface area contributed by atoms with Gasteiger partial charge in [-0.05, 0) is 6.92 Å². The molecule has 0 aliphatic carbocycles. The molecule has 0 rings (SSSR count). The molecule has 0 fully saturated rings. The van der Waals surface area contributed by atoms with Crippen molar-refractivity contribution in [3.63, 3.8) is 0 Å². The SMILES string of the molecule is C#CCOC(C)OC=O. The third kappa shape index (κ3) is 4.85. The van der Waals surface area contributed by atoms with Crippen molar-refractivity contribution in [1.29, 1.82) is 0 Å². The van der Waals surface area contributed by atoms with E-state index in [1.54, 1.807) is 6.92 Å². The van der Waals surface area contributed by atoms with Crippen LogP contribution in [-0.2, 0) is 14.3 Å². The van der Waals surface area contributed by atoms with Crippen LogP contribution in [0, 0.1) is 12.3 Å². The van der Waals surface area contributed by atoms with Crippen LogP contribution in [0.3, 0.4) is 0 Å². The minimum Gasteiger partial charge on any atom is -0.438 e. The number of hydrogen-bond donors (Lipinski definition) is 0. The molecule has 0 bridgehead atoms. The fourth-order valence-electron chi connectivity index (χ4n) is 0.283. The van der Waals surface area contributed by atoms with E-state index >= 15 is 0 Å². The van der Waals surface area contributed by atoms with Crippen molar-refractivity contribution < 1.29 is 14.3 Å². The van der Waals surface area contributed by atoms with E-state index in [-0.39, 0.29) is 6.61 Å². The highest BCUT2D eigenvalue weighted by Crippen LogP contribution is 1.88.